The first-order valence-electron chi connectivity index (χ1n) is 8.96. The van der Waals surface area contributed by atoms with Crippen LogP contribution < -0.4 is 19.5 Å². The largest absolute Gasteiger partial charge is 0.495 e. The van der Waals surface area contributed by atoms with Crippen LogP contribution in [-0.2, 0) is 16.6 Å². The summed E-state index contributed by atoms with van der Waals surface area (Å²) in [6.45, 7) is 0.227. The van der Waals surface area contributed by atoms with Crippen molar-refractivity contribution in [3.8, 4) is 11.6 Å². The van der Waals surface area contributed by atoms with Gasteiger partial charge in [0.15, 0.2) is 0 Å². The van der Waals surface area contributed by atoms with Crippen LogP contribution >= 0.6 is 0 Å². The van der Waals surface area contributed by atoms with Gasteiger partial charge >= 0.3 is 0 Å². The molecule has 0 radical (unpaired) electrons. The fourth-order valence-corrected chi connectivity index (χ4v) is 3.81. The summed E-state index contributed by atoms with van der Waals surface area (Å²) in [5.74, 6) is 0.493. The van der Waals surface area contributed by atoms with E-state index < -0.39 is 10.0 Å². The third-order valence-electron chi connectivity index (χ3n) is 4.26. The highest BCUT2D eigenvalue weighted by Crippen LogP contribution is 2.26. The van der Waals surface area contributed by atoms with Gasteiger partial charge in [-0.1, -0.05) is 18.2 Å². The number of benzene rings is 2. The maximum Gasteiger partial charge on any atom is 0.262 e. The van der Waals surface area contributed by atoms with Gasteiger partial charge in [-0.2, -0.15) is 0 Å². The van der Waals surface area contributed by atoms with Gasteiger partial charge in [0, 0.05) is 23.9 Å². The molecule has 0 fully saturated rings. The number of rotatable bonds is 8. The van der Waals surface area contributed by atoms with E-state index in [-0.39, 0.29) is 17.3 Å². The van der Waals surface area contributed by atoms with Crippen LogP contribution in [0, 0.1) is 0 Å². The van der Waals surface area contributed by atoms with E-state index in [0.29, 0.717) is 22.9 Å². The lowest BCUT2D eigenvalue weighted by Crippen LogP contribution is -2.23. The zero-order valence-electron chi connectivity index (χ0n) is 16.5. The Balaban J connectivity index is 1.70. The highest BCUT2D eigenvalue weighted by atomic mass is 32.2. The summed E-state index contributed by atoms with van der Waals surface area (Å²) in [5, 5.41) is 2.76. The second kappa shape index (κ2) is 9.27. The molecule has 156 valence electrons. The van der Waals surface area contributed by atoms with Gasteiger partial charge in [0.2, 0.25) is 5.88 Å². The number of nitrogens with zero attached hydrogens (tertiary/aromatic N) is 1. The average Bonchev–Trinajstić information content (AvgIpc) is 2.77. The van der Waals surface area contributed by atoms with Gasteiger partial charge in [0.1, 0.15) is 5.75 Å². The van der Waals surface area contributed by atoms with Crippen molar-refractivity contribution in [2.24, 2.45) is 0 Å². The van der Waals surface area contributed by atoms with E-state index in [9.17, 15) is 13.2 Å². The minimum absolute atomic E-state index is 0.0267. The summed E-state index contributed by atoms with van der Waals surface area (Å²) in [6.07, 6.45) is 1.60. The SMILES string of the molecule is COc1ccccc1NS(=O)(=O)c1ccc(C(=O)NCc2cccnc2OC)cc1. The number of hydrogen-bond acceptors (Lipinski definition) is 6. The molecule has 0 unspecified atom stereocenters. The minimum Gasteiger partial charge on any atom is -0.495 e. The molecule has 0 atom stereocenters. The Labute approximate surface area is 174 Å². The van der Waals surface area contributed by atoms with E-state index in [4.69, 9.17) is 9.47 Å². The molecule has 0 aliphatic heterocycles. The average molecular weight is 427 g/mol. The monoisotopic (exact) mass is 427 g/mol. The number of para-hydroxylation sites is 2. The number of pyridine rings is 1. The molecule has 2 aromatic carbocycles. The third-order valence-corrected chi connectivity index (χ3v) is 5.64. The number of methoxy groups -OCH3 is 2. The molecule has 3 rings (SSSR count). The van der Waals surface area contributed by atoms with Crippen molar-refractivity contribution in [1.29, 1.82) is 0 Å². The number of ether oxygens (including phenoxy) is 2. The lowest BCUT2D eigenvalue weighted by atomic mass is 10.2. The summed E-state index contributed by atoms with van der Waals surface area (Å²) in [5.41, 5.74) is 1.38. The molecule has 1 aromatic heterocycles. The highest BCUT2D eigenvalue weighted by Gasteiger charge is 2.17. The van der Waals surface area contributed by atoms with Gasteiger partial charge < -0.3 is 14.8 Å². The Morgan fingerprint density at radius 2 is 1.70 bits per heavy atom. The number of amides is 1. The maximum atomic E-state index is 12.6. The molecule has 0 aliphatic carbocycles. The summed E-state index contributed by atoms with van der Waals surface area (Å²) < 4.78 is 38.1. The Hall–Kier alpha value is -3.59. The molecule has 30 heavy (non-hydrogen) atoms. The van der Waals surface area contributed by atoms with E-state index in [1.165, 1.54) is 38.5 Å². The van der Waals surface area contributed by atoms with Gasteiger partial charge in [-0.05, 0) is 42.5 Å². The number of aromatic nitrogens is 1. The van der Waals surface area contributed by atoms with Crippen LogP contribution in [0.15, 0.2) is 71.8 Å². The first-order chi connectivity index (χ1) is 14.4. The van der Waals surface area contributed by atoms with Crippen molar-refractivity contribution >= 4 is 21.6 Å². The molecule has 2 N–H and O–H groups in total. The fraction of sp³-hybridized carbons (Fsp3) is 0.143. The van der Waals surface area contributed by atoms with Crippen LogP contribution in [-0.4, -0.2) is 33.5 Å². The molecule has 1 heterocycles. The first-order valence-corrected chi connectivity index (χ1v) is 10.4. The van der Waals surface area contributed by atoms with Crippen molar-refractivity contribution in [3.05, 3.63) is 78.0 Å². The molecule has 0 bridgehead atoms. The van der Waals surface area contributed by atoms with E-state index in [2.05, 4.69) is 15.0 Å². The zero-order valence-corrected chi connectivity index (χ0v) is 17.3. The van der Waals surface area contributed by atoms with Crippen LogP contribution in [0.3, 0.4) is 0 Å². The molecular formula is C21H21N3O5S. The molecule has 8 nitrogen and oxygen atoms in total. The standard InChI is InChI=1S/C21H21N3O5S/c1-28-19-8-4-3-7-18(19)24-30(26,27)17-11-9-15(10-12-17)20(25)23-14-16-6-5-13-22-21(16)29-2/h3-13,24H,14H2,1-2H3,(H,23,25). The number of hydrogen-bond donors (Lipinski definition) is 2. The Kier molecular flexibility index (Phi) is 6.53. The van der Waals surface area contributed by atoms with E-state index in [1.54, 1.807) is 42.6 Å². The summed E-state index contributed by atoms with van der Waals surface area (Å²) >= 11 is 0. The van der Waals surface area contributed by atoms with E-state index in [1.807, 2.05) is 0 Å². The number of nitrogens with one attached hydrogen (secondary N) is 2. The van der Waals surface area contributed by atoms with Gasteiger partial charge in [-0.3, -0.25) is 9.52 Å². The normalized spacial score (nSPS) is 10.9. The third kappa shape index (κ3) is 4.87. The zero-order chi connectivity index (χ0) is 21.6. The molecule has 0 spiro atoms. The Morgan fingerprint density at radius 3 is 2.40 bits per heavy atom. The fourth-order valence-electron chi connectivity index (χ4n) is 2.74. The number of sulfonamides is 1. The van der Waals surface area contributed by atoms with Crippen molar-refractivity contribution < 1.29 is 22.7 Å². The second-order valence-electron chi connectivity index (χ2n) is 6.18. The molecule has 3 aromatic rings. The number of anilines is 1. The lowest BCUT2D eigenvalue weighted by molar-refractivity contribution is 0.0950. The Bertz CT molecular complexity index is 1130. The van der Waals surface area contributed by atoms with Crippen molar-refractivity contribution in [1.82, 2.24) is 10.3 Å². The van der Waals surface area contributed by atoms with Crippen LogP contribution in [0.25, 0.3) is 0 Å². The predicted octanol–water partition coefficient (Wildman–Crippen LogP) is 2.83. The highest BCUT2D eigenvalue weighted by molar-refractivity contribution is 7.92. The van der Waals surface area contributed by atoms with Crippen molar-refractivity contribution in [2.75, 3.05) is 18.9 Å². The molecule has 1 amide bonds. The summed E-state index contributed by atoms with van der Waals surface area (Å²) in [6, 6.07) is 15.9. The van der Waals surface area contributed by atoms with Crippen LogP contribution in [0.2, 0.25) is 0 Å². The van der Waals surface area contributed by atoms with Gasteiger partial charge in [0.25, 0.3) is 15.9 Å². The van der Waals surface area contributed by atoms with Crippen molar-refractivity contribution in [2.45, 2.75) is 11.4 Å². The van der Waals surface area contributed by atoms with Gasteiger partial charge in [0.05, 0.1) is 24.8 Å². The first kappa shape index (κ1) is 21.1. The topological polar surface area (TPSA) is 107 Å². The van der Waals surface area contributed by atoms with Crippen LogP contribution in [0.4, 0.5) is 5.69 Å². The van der Waals surface area contributed by atoms with Gasteiger partial charge in [-0.15, -0.1) is 0 Å². The summed E-state index contributed by atoms with van der Waals surface area (Å²) in [4.78, 5) is 16.5. The quantitative estimate of drug-likeness (QED) is 0.573. The molecule has 0 saturated carbocycles. The van der Waals surface area contributed by atoms with Gasteiger partial charge in [-0.25, -0.2) is 13.4 Å². The van der Waals surface area contributed by atoms with E-state index >= 15 is 0 Å². The second-order valence-corrected chi connectivity index (χ2v) is 7.87. The molecule has 0 aliphatic rings. The van der Waals surface area contributed by atoms with Crippen LogP contribution in [0.1, 0.15) is 15.9 Å². The van der Waals surface area contributed by atoms with E-state index in [0.717, 1.165) is 5.56 Å². The molecular weight excluding hydrogens is 406 g/mol. The molecule has 9 heteroatoms. The maximum absolute atomic E-state index is 12.6. The number of carbonyl (C=O) groups excluding carboxylic acids is 1. The Morgan fingerprint density at radius 1 is 0.967 bits per heavy atom. The van der Waals surface area contributed by atoms with Crippen molar-refractivity contribution in [3.63, 3.8) is 0 Å². The smallest absolute Gasteiger partial charge is 0.262 e. The van der Waals surface area contributed by atoms with Crippen LogP contribution in [0.5, 0.6) is 11.6 Å². The number of carbonyl (C=O) groups is 1. The summed E-state index contributed by atoms with van der Waals surface area (Å²) in [7, 11) is -0.873. The molecule has 0 saturated heterocycles. The lowest BCUT2D eigenvalue weighted by Gasteiger charge is -2.12. The minimum atomic E-state index is -3.84. The predicted molar refractivity (Wildman–Crippen MR) is 112 cm³/mol.